The summed E-state index contributed by atoms with van der Waals surface area (Å²) in [6.45, 7) is 19.4. The van der Waals surface area contributed by atoms with Crippen LogP contribution in [0.4, 0.5) is 10.5 Å². The highest BCUT2D eigenvalue weighted by atomic mass is 16.6. The van der Waals surface area contributed by atoms with E-state index in [1.807, 2.05) is 56.5 Å². The number of likely N-dealkylation sites (tertiary alicyclic amines) is 2. The third-order valence-electron chi connectivity index (χ3n) is 12.5. The van der Waals surface area contributed by atoms with Crippen LogP contribution in [0.5, 0.6) is 11.6 Å². The topological polar surface area (TPSA) is 119 Å². The third-order valence-corrected chi connectivity index (χ3v) is 12.5. The number of hydrogen-bond acceptors (Lipinski definition) is 9. The number of fused-ring (bicyclic) bond motifs is 3. The van der Waals surface area contributed by atoms with E-state index in [0.29, 0.717) is 60.3 Å². The lowest BCUT2D eigenvalue weighted by Gasteiger charge is -2.46. The van der Waals surface area contributed by atoms with E-state index in [1.54, 1.807) is 17.3 Å². The van der Waals surface area contributed by atoms with Gasteiger partial charge in [0.25, 0.3) is 0 Å². The molecule has 8 rings (SSSR count). The maximum Gasteiger partial charge on any atom is 0.410 e. The molecule has 3 fully saturated rings. The molecule has 2 aromatic heterocycles. The molecule has 5 heterocycles. The summed E-state index contributed by atoms with van der Waals surface area (Å²) in [5.41, 5.74) is 5.10. The van der Waals surface area contributed by atoms with E-state index in [2.05, 4.69) is 49.6 Å². The van der Waals surface area contributed by atoms with Crippen LogP contribution < -0.4 is 9.64 Å². The van der Waals surface area contributed by atoms with E-state index >= 15 is 0 Å². The monoisotopic (exact) mass is 776 g/mol. The van der Waals surface area contributed by atoms with Gasteiger partial charge in [-0.25, -0.2) is 19.6 Å². The van der Waals surface area contributed by atoms with Crippen LogP contribution in [0.25, 0.3) is 22.3 Å². The fourth-order valence-corrected chi connectivity index (χ4v) is 9.27. The summed E-state index contributed by atoms with van der Waals surface area (Å²) < 4.78 is 19.3. The van der Waals surface area contributed by atoms with Gasteiger partial charge in [0.1, 0.15) is 16.9 Å². The van der Waals surface area contributed by atoms with Crippen molar-refractivity contribution >= 4 is 34.7 Å². The lowest BCUT2D eigenvalue weighted by molar-refractivity contribution is -0.126. The number of esters is 1. The van der Waals surface area contributed by atoms with Gasteiger partial charge in [-0.1, -0.05) is 32.0 Å². The molecule has 2 aromatic carbocycles. The number of hydrogen-bond donors (Lipinski definition) is 0. The number of aromatic nitrogens is 3. The summed E-state index contributed by atoms with van der Waals surface area (Å²) in [6, 6.07) is 14.2. The number of ether oxygens (including phenoxy) is 3. The number of anilines is 1. The van der Waals surface area contributed by atoms with Crippen LogP contribution in [-0.2, 0) is 19.7 Å². The average Bonchev–Trinajstić information content (AvgIpc) is 3.80. The SMILES string of the molecule is COC(=O)c1cc(Oc2nc(-c3ccc4c(c3)N(C3CC(N5CCC(C)(C)C5)C3)C(=O)C43CCN(C(=O)OC(C)(C)C)CC3)cc3ncn(C(C)C)c23)ccc1C. The number of pyridine rings is 1. The van der Waals surface area contributed by atoms with Gasteiger partial charge in [0, 0.05) is 49.0 Å². The Labute approximate surface area is 335 Å². The number of nitrogens with zero attached hydrogens (tertiary/aromatic N) is 6. The molecule has 1 aliphatic carbocycles. The summed E-state index contributed by atoms with van der Waals surface area (Å²) >= 11 is 0. The molecule has 302 valence electrons. The minimum absolute atomic E-state index is 0.0871. The highest BCUT2D eigenvalue weighted by Gasteiger charge is 2.56. The van der Waals surface area contributed by atoms with Crippen LogP contribution in [-0.4, -0.2) is 93.3 Å². The maximum absolute atomic E-state index is 15.0. The fourth-order valence-electron chi connectivity index (χ4n) is 9.27. The maximum atomic E-state index is 15.0. The molecule has 12 heteroatoms. The van der Waals surface area contributed by atoms with Crippen molar-refractivity contribution in [3.8, 4) is 22.9 Å². The van der Waals surface area contributed by atoms with Gasteiger partial charge in [0.05, 0.1) is 35.6 Å². The Kier molecular flexibility index (Phi) is 9.65. The normalized spacial score (nSPS) is 21.6. The summed E-state index contributed by atoms with van der Waals surface area (Å²) in [4.78, 5) is 57.0. The second-order valence-electron chi connectivity index (χ2n) is 18.6. The Hall–Kier alpha value is -4.97. The zero-order valence-corrected chi connectivity index (χ0v) is 34.8. The zero-order valence-electron chi connectivity index (χ0n) is 34.8. The van der Waals surface area contributed by atoms with Crippen molar-refractivity contribution < 1.29 is 28.6 Å². The predicted molar refractivity (Wildman–Crippen MR) is 219 cm³/mol. The van der Waals surface area contributed by atoms with E-state index in [0.717, 1.165) is 59.3 Å². The Balaban J connectivity index is 1.16. The van der Waals surface area contributed by atoms with E-state index in [9.17, 15) is 14.4 Å². The van der Waals surface area contributed by atoms with Crippen molar-refractivity contribution in [2.45, 2.75) is 117 Å². The fraction of sp³-hybridized carbons (Fsp3) is 0.533. The summed E-state index contributed by atoms with van der Waals surface area (Å²) in [6.07, 6.45) is 5.59. The van der Waals surface area contributed by atoms with E-state index in [-0.39, 0.29) is 24.1 Å². The van der Waals surface area contributed by atoms with E-state index < -0.39 is 17.0 Å². The number of imidazole rings is 1. The highest BCUT2D eigenvalue weighted by Crippen LogP contribution is 2.52. The minimum Gasteiger partial charge on any atom is -0.465 e. The molecule has 57 heavy (non-hydrogen) atoms. The number of aryl methyl sites for hydroxylation is 1. The summed E-state index contributed by atoms with van der Waals surface area (Å²) in [5, 5.41) is 0. The molecule has 1 spiro atoms. The first-order valence-electron chi connectivity index (χ1n) is 20.4. The first kappa shape index (κ1) is 38.9. The molecule has 12 nitrogen and oxygen atoms in total. The second-order valence-corrected chi connectivity index (χ2v) is 18.6. The van der Waals surface area contributed by atoms with Gasteiger partial charge < -0.3 is 28.6 Å². The Morgan fingerprint density at radius 1 is 0.947 bits per heavy atom. The van der Waals surface area contributed by atoms with Gasteiger partial charge in [-0.2, -0.15) is 0 Å². The molecule has 2 saturated heterocycles. The van der Waals surface area contributed by atoms with Crippen molar-refractivity contribution in [1.29, 1.82) is 0 Å². The van der Waals surface area contributed by atoms with Crippen LogP contribution in [0.1, 0.15) is 108 Å². The first-order chi connectivity index (χ1) is 27.0. The third kappa shape index (κ3) is 7.04. The van der Waals surface area contributed by atoms with E-state index in [4.69, 9.17) is 24.2 Å². The molecule has 4 aliphatic rings. The molecular formula is C45H56N6O6. The lowest BCUT2D eigenvalue weighted by Crippen LogP contribution is -2.58. The number of rotatable bonds is 7. The van der Waals surface area contributed by atoms with Crippen LogP contribution in [0, 0.1) is 12.3 Å². The number of methoxy groups -OCH3 is 1. The van der Waals surface area contributed by atoms with Gasteiger partial charge >= 0.3 is 12.1 Å². The molecular weight excluding hydrogens is 721 g/mol. The van der Waals surface area contributed by atoms with Crippen LogP contribution in [0.2, 0.25) is 0 Å². The van der Waals surface area contributed by atoms with Crippen molar-refractivity contribution in [3.63, 3.8) is 0 Å². The standard InChI is InChI=1S/C45H56N6O6/c1-27(2)50-26-46-36-24-35(47-39(38(36)50)56-32-12-10-28(3)33(23-32)40(52)55-9)29-11-13-34-37(20-29)51(31-21-30(22-31)49-17-14-44(7,8)25-49)41(53)45(34)15-18-48(19-16-45)42(54)57-43(4,5)6/h10-13,20,23-24,26-27,30-31H,14-19,21-22,25H2,1-9H3. The minimum atomic E-state index is -0.725. The average molecular weight is 777 g/mol. The molecule has 2 amide bonds. The molecule has 3 aliphatic heterocycles. The van der Waals surface area contributed by atoms with Crippen molar-refractivity contribution in [2.75, 3.05) is 38.2 Å². The van der Waals surface area contributed by atoms with E-state index in [1.165, 1.54) is 13.5 Å². The molecule has 0 N–H and O–H groups in total. The Morgan fingerprint density at radius 3 is 2.33 bits per heavy atom. The lowest BCUT2D eigenvalue weighted by atomic mass is 9.73. The van der Waals surface area contributed by atoms with Crippen molar-refractivity contribution in [1.82, 2.24) is 24.3 Å². The summed E-state index contributed by atoms with van der Waals surface area (Å²) in [5.74, 6) is 0.509. The molecule has 0 bridgehead atoms. The number of amides is 2. The number of carbonyl (C=O) groups is 3. The van der Waals surface area contributed by atoms with Crippen LogP contribution in [0.15, 0.2) is 48.8 Å². The van der Waals surface area contributed by atoms with Gasteiger partial charge in [-0.15, -0.1) is 0 Å². The quantitative estimate of drug-likeness (QED) is 0.170. The molecule has 4 aromatic rings. The molecule has 1 saturated carbocycles. The zero-order chi connectivity index (χ0) is 40.6. The predicted octanol–water partition coefficient (Wildman–Crippen LogP) is 8.44. The van der Waals surface area contributed by atoms with Gasteiger partial charge in [0.15, 0.2) is 0 Å². The van der Waals surface area contributed by atoms with Crippen molar-refractivity contribution in [3.05, 3.63) is 65.5 Å². The van der Waals surface area contributed by atoms with Gasteiger partial charge in [0.2, 0.25) is 11.8 Å². The molecule has 0 radical (unpaired) electrons. The number of carbonyl (C=O) groups excluding carboxylic acids is 3. The van der Waals surface area contributed by atoms with Crippen molar-refractivity contribution in [2.24, 2.45) is 5.41 Å². The van der Waals surface area contributed by atoms with Gasteiger partial charge in [-0.05, 0) is 121 Å². The Bertz CT molecular complexity index is 2240. The van der Waals surface area contributed by atoms with Gasteiger partial charge in [-0.3, -0.25) is 9.69 Å². The number of benzene rings is 2. The van der Waals surface area contributed by atoms with Crippen LogP contribution >= 0.6 is 0 Å². The number of piperidine rings is 1. The molecule has 0 unspecified atom stereocenters. The van der Waals surface area contributed by atoms with Crippen LogP contribution in [0.3, 0.4) is 0 Å². The molecule has 0 atom stereocenters. The summed E-state index contributed by atoms with van der Waals surface area (Å²) in [7, 11) is 1.36. The Morgan fingerprint density at radius 2 is 1.68 bits per heavy atom. The second kappa shape index (κ2) is 14.1. The first-order valence-corrected chi connectivity index (χ1v) is 20.4. The largest absolute Gasteiger partial charge is 0.465 e. The smallest absolute Gasteiger partial charge is 0.410 e. The highest BCUT2D eigenvalue weighted by molar-refractivity contribution is 6.09.